The molecule has 0 spiro atoms. The van der Waals surface area contributed by atoms with Gasteiger partial charge in [-0.15, -0.1) is 11.3 Å². The van der Waals surface area contributed by atoms with Crippen LogP contribution in [-0.4, -0.2) is 33.4 Å². The first-order valence-corrected chi connectivity index (χ1v) is 7.92. The molecule has 0 saturated carbocycles. The van der Waals surface area contributed by atoms with Crippen molar-refractivity contribution in [1.29, 1.82) is 0 Å². The second-order valence-electron chi connectivity index (χ2n) is 5.38. The van der Waals surface area contributed by atoms with Crippen LogP contribution in [0.15, 0.2) is 15.9 Å². The van der Waals surface area contributed by atoms with Crippen molar-refractivity contribution in [2.45, 2.75) is 32.7 Å². The Morgan fingerprint density at radius 2 is 2.23 bits per heavy atom. The van der Waals surface area contributed by atoms with E-state index in [9.17, 15) is 9.59 Å². The van der Waals surface area contributed by atoms with Crippen molar-refractivity contribution in [3.05, 3.63) is 39.2 Å². The molecule has 1 fully saturated rings. The zero-order valence-corrected chi connectivity index (χ0v) is 13.1. The van der Waals surface area contributed by atoms with Crippen molar-refractivity contribution in [3.8, 4) is 0 Å². The van der Waals surface area contributed by atoms with Crippen LogP contribution in [0.3, 0.4) is 0 Å². The summed E-state index contributed by atoms with van der Waals surface area (Å²) >= 11 is 1.56. The number of aromatic carboxylic acids is 1. The van der Waals surface area contributed by atoms with E-state index < -0.39 is 5.97 Å². The Labute approximate surface area is 131 Å². The summed E-state index contributed by atoms with van der Waals surface area (Å²) in [6.07, 6.45) is 1.76. The second-order valence-corrected chi connectivity index (χ2v) is 6.44. The van der Waals surface area contributed by atoms with Crippen molar-refractivity contribution < 1.29 is 19.1 Å². The first kappa shape index (κ1) is 14.8. The predicted molar refractivity (Wildman–Crippen MR) is 80.3 cm³/mol. The molecule has 2 aromatic heterocycles. The lowest BCUT2D eigenvalue weighted by Gasteiger charge is -2.22. The maximum absolute atomic E-state index is 12.6. The number of likely N-dealkylation sites (tertiary alicyclic amines) is 1. The standard InChI is InChI=1S/C15H16N2O4S/c1-8-6-12(21-13(8)15(19)20)14(18)17-5-3-4-11(17)10-7-22-9(2)16-10/h6-7,11H,3-5H2,1-2H3,(H,19,20)/t11-/m1/s1. The Morgan fingerprint density at radius 3 is 2.82 bits per heavy atom. The van der Waals surface area contributed by atoms with Gasteiger partial charge in [-0.1, -0.05) is 0 Å². The molecule has 7 heteroatoms. The summed E-state index contributed by atoms with van der Waals surface area (Å²) < 4.78 is 5.23. The van der Waals surface area contributed by atoms with Gasteiger partial charge >= 0.3 is 5.97 Å². The minimum Gasteiger partial charge on any atom is -0.475 e. The van der Waals surface area contributed by atoms with Gasteiger partial charge in [0.05, 0.1) is 16.7 Å². The number of nitrogens with zero attached hydrogens (tertiary/aromatic N) is 2. The Kier molecular flexibility index (Phi) is 3.74. The molecular weight excluding hydrogens is 304 g/mol. The van der Waals surface area contributed by atoms with E-state index in [1.807, 2.05) is 12.3 Å². The number of rotatable bonds is 3. The third kappa shape index (κ3) is 2.52. The van der Waals surface area contributed by atoms with E-state index in [2.05, 4.69) is 4.98 Å². The first-order chi connectivity index (χ1) is 10.5. The number of amides is 1. The molecular formula is C15H16N2O4S. The van der Waals surface area contributed by atoms with Gasteiger partial charge < -0.3 is 14.4 Å². The topological polar surface area (TPSA) is 83.6 Å². The van der Waals surface area contributed by atoms with Gasteiger partial charge in [-0.2, -0.15) is 0 Å². The number of carbonyl (C=O) groups is 2. The van der Waals surface area contributed by atoms with Crippen LogP contribution in [0.5, 0.6) is 0 Å². The van der Waals surface area contributed by atoms with Crippen LogP contribution in [0.25, 0.3) is 0 Å². The fourth-order valence-electron chi connectivity index (χ4n) is 2.79. The summed E-state index contributed by atoms with van der Waals surface area (Å²) in [5, 5.41) is 12.0. The molecule has 1 atom stereocenters. The van der Waals surface area contributed by atoms with Gasteiger partial charge in [-0.05, 0) is 32.8 Å². The molecule has 0 radical (unpaired) electrons. The van der Waals surface area contributed by atoms with Crippen molar-refractivity contribution in [3.63, 3.8) is 0 Å². The average molecular weight is 320 g/mol. The number of carbonyl (C=O) groups excluding carboxylic acids is 1. The third-order valence-electron chi connectivity index (χ3n) is 3.81. The van der Waals surface area contributed by atoms with E-state index in [0.29, 0.717) is 12.1 Å². The van der Waals surface area contributed by atoms with Gasteiger partial charge in [0, 0.05) is 17.5 Å². The molecule has 116 valence electrons. The SMILES string of the molecule is Cc1nc([C@H]2CCCN2C(=O)c2cc(C)c(C(=O)O)o2)cs1. The number of aryl methyl sites for hydroxylation is 2. The molecule has 1 saturated heterocycles. The maximum Gasteiger partial charge on any atom is 0.372 e. The van der Waals surface area contributed by atoms with Crippen LogP contribution in [0.1, 0.15) is 56.3 Å². The Bertz CT molecular complexity index is 734. The number of thiazole rings is 1. The molecule has 22 heavy (non-hydrogen) atoms. The molecule has 1 aliphatic rings. The molecule has 6 nitrogen and oxygen atoms in total. The molecule has 3 rings (SSSR count). The summed E-state index contributed by atoms with van der Waals surface area (Å²) in [7, 11) is 0. The Morgan fingerprint density at radius 1 is 1.45 bits per heavy atom. The minimum absolute atomic E-state index is 0.0591. The van der Waals surface area contributed by atoms with E-state index in [1.54, 1.807) is 23.2 Å². The molecule has 2 aromatic rings. The fraction of sp³-hybridized carbons (Fsp3) is 0.400. The number of aromatic nitrogens is 1. The molecule has 1 aliphatic heterocycles. The van der Waals surface area contributed by atoms with Crippen molar-refractivity contribution in [1.82, 2.24) is 9.88 Å². The number of hydrogen-bond donors (Lipinski definition) is 1. The van der Waals surface area contributed by atoms with E-state index in [-0.39, 0.29) is 23.5 Å². The zero-order chi connectivity index (χ0) is 15.9. The summed E-state index contributed by atoms with van der Waals surface area (Å²) in [6.45, 7) is 4.18. The van der Waals surface area contributed by atoms with Crippen molar-refractivity contribution in [2.24, 2.45) is 0 Å². The zero-order valence-electron chi connectivity index (χ0n) is 12.3. The number of carboxylic acids is 1. The van der Waals surface area contributed by atoms with Crippen LogP contribution in [-0.2, 0) is 0 Å². The molecule has 0 aromatic carbocycles. The van der Waals surface area contributed by atoms with Gasteiger partial charge in [0.2, 0.25) is 5.76 Å². The van der Waals surface area contributed by atoms with Crippen LogP contribution in [0.4, 0.5) is 0 Å². The van der Waals surface area contributed by atoms with Crippen LogP contribution >= 0.6 is 11.3 Å². The van der Waals surface area contributed by atoms with E-state index in [0.717, 1.165) is 23.5 Å². The Balaban J connectivity index is 1.87. The van der Waals surface area contributed by atoms with E-state index in [4.69, 9.17) is 9.52 Å². The average Bonchev–Trinajstić information content (AvgIpc) is 3.16. The lowest BCUT2D eigenvalue weighted by atomic mass is 10.1. The van der Waals surface area contributed by atoms with E-state index in [1.165, 1.54) is 6.07 Å². The molecule has 1 N–H and O–H groups in total. The minimum atomic E-state index is -1.16. The first-order valence-electron chi connectivity index (χ1n) is 7.04. The molecule has 0 bridgehead atoms. The van der Waals surface area contributed by atoms with Crippen LogP contribution in [0, 0.1) is 13.8 Å². The summed E-state index contributed by atoms with van der Waals surface area (Å²) in [5.41, 5.74) is 1.35. The van der Waals surface area contributed by atoms with Crippen LogP contribution in [0.2, 0.25) is 0 Å². The smallest absolute Gasteiger partial charge is 0.372 e. The van der Waals surface area contributed by atoms with Gasteiger partial charge in [0.15, 0.2) is 5.76 Å². The predicted octanol–water partition coefficient (Wildman–Crippen LogP) is 3.03. The fourth-order valence-corrected chi connectivity index (χ4v) is 3.45. The molecule has 0 aliphatic carbocycles. The van der Waals surface area contributed by atoms with Gasteiger partial charge in [0.25, 0.3) is 5.91 Å². The van der Waals surface area contributed by atoms with Gasteiger partial charge in [-0.25, -0.2) is 9.78 Å². The van der Waals surface area contributed by atoms with Gasteiger partial charge in [0.1, 0.15) is 0 Å². The third-order valence-corrected chi connectivity index (χ3v) is 4.61. The Hall–Kier alpha value is -2.15. The lowest BCUT2D eigenvalue weighted by molar-refractivity contribution is 0.0644. The summed E-state index contributed by atoms with van der Waals surface area (Å²) in [6, 6.07) is 1.43. The second kappa shape index (κ2) is 5.57. The molecule has 1 amide bonds. The molecule has 3 heterocycles. The highest BCUT2D eigenvalue weighted by molar-refractivity contribution is 7.09. The normalized spacial score (nSPS) is 17.9. The molecule has 0 unspecified atom stereocenters. The monoisotopic (exact) mass is 320 g/mol. The number of hydrogen-bond acceptors (Lipinski definition) is 5. The highest BCUT2D eigenvalue weighted by Gasteiger charge is 2.34. The maximum atomic E-state index is 12.6. The largest absolute Gasteiger partial charge is 0.475 e. The quantitative estimate of drug-likeness (QED) is 0.939. The van der Waals surface area contributed by atoms with Crippen molar-refractivity contribution >= 4 is 23.2 Å². The summed E-state index contributed by atoms with van der Waals surface area (Å²) in [5.74, 6) is -1.54. The highest BCUT2D eigenvalue weighted by atomic mass is 32.1. The number of furan rings is 1. The van der Waals surface area contributed by atoms with Gasteiger partial charge in [-0.3, -0.25) is 4.79 Å². The van der Waals surface area contributed by atoms with E-state index >= 15 is 0 Å². The van der Waals surface area contributed by atoms with Crippen molar-refractivity contribution in [2.75, 3.05) is 6.54 Å². The highest BCUT2D eigenvalue weighted by Crippen LogP contribution is 2.34. The van der Waals surface area contributed by atoms with Crippen LogP contribution < -0.4 is 0 Å². The summed E-state index contributed by atoms with van der Waals surface area (Å²) in [4.78, 5) is 29.9. The number of carboxylic acid groups (broad SMARTS) is 1. The lowest BCUT2D eigenvalue weighted by Crippen LogP contribution is -2.30.